The van der Waals surface area contributed by atoms with Gasteiger partial charge in [-0.1, -0.05) is 6.07 Å². The predicted molar refractivity (Wildman–Crippen MR) is 148 cm³/mol. The number of carbonyl (C=O) groups excluding carboxylic acids is 2. The Labute approximate surface area is 228 Å². The summed E-state index contributed by atoms with van der Waals surface area (Å²) in [5.74, 6) is 0.224. The minimum absolute atomic E-state index is 0.403. The molecule has 0 unspecified atom stereocenters. The molecule has 1 aliphatic carbocycles. The van der Waals surface area contributed by atoms with E-state index >= 15 is 0 Å². The molecular weight excluding hydrogens is 511 g/mol. The normalized spacial score (nSPS) is 13.9. The fourth-order valence-electron chi connectivity index (χ4n) is 4.29. The van der Waals surface area contributed by atoms with Gasteiger partial charge in [-0.15, -0.1) is 0 Å². The molecule has 0 bridgehead atoms. The summed E-state index contributed by atoms with van der Waals surface area (Å²) in [7, 11) is 0. The van der Waals surface area contributed by atoms with Crippen molar-refractivity contribution >= 4 is 46.6 Å². The Morgan fingerprint density at radius 1 is 0.950 bits per heavy atom. The molecule has 0 spiro atoms. The van der Waals surface area contributed by atoms with Crippen molar-refractivity contribution in [3.63, 3.8) is 0 Å². The first kappa shape index (κ1) is 24.8. The van der Waals surface area contributed by atoms with E-state index in [-0.39, 0.29) is 0 Å². The molecule has 1 aromatic heterocycles. The molecule has 6 rings (SSSR count). The standard InChI is InChI=1S/C30H21FN6O3/c31-20-3-5-21(6-4-20)35-28(38)30(12-13-30)29(39)36-22-7-9-23(10-8-22)40-25-11-14-33-27-26(25)34-17-19-2-1-18(16-32)15-24(19)37-27/h1-11,14-15,17H,12-13H2,(H,33,37)(H,35,38)(H,36,39). The number of nitrogens with one attached hydrogen (secondary N) is 3. The highest BCUT2D eigenvalue weighted by Crippen LogP contribution is 2.47. The Hall–Kier alpha value is -5.56. The number of fused-ring (bicyclic) bond motifs is 2. The number of carbonyl (C=O) groups is 2. The van der Waals surface area contributed by atoms with E-state index in [0.717, 1.165) is 5.56 Å². The quantitative estimate of drug-likeness (QED) is 0.228. The van der Waals surface area contributed by atoms with E-state index in [9.17, 15) is 19.2 Å². The second kappa shape index (κ2) is 9.96. The van der Waals surface area contributed by atoms with Crippen LogP contribution in [-0.4, -0.2) is 23.0 Å². The van der Waals surface area contributed by atoms with Crippen LogP contribution in [0.5, 0.6) is 11.5 Å². The van der Waals surface area contributed by atoms with Crippen LogP contribution in [0, 0.1) is 22.6 Å². The second-order valence-corrected chi connectivity index (χ2v) is 9.43. The van der Waals surface area contributed by atoms with Crippen LogP contribution >= 0.6 is 0 Å². The zero-order valence-corrected chi connectivity index (χ0v) is 20.9. The van der Waals surface area contributed by atoms with Gasteiger partial charge in [0.25, 0.3) is 0 Å². The maximum Gasteiger partial charge on any atom is 0.240 e. The van der Waals surface area contributed by atoms with Gasteiger partial charge in [-0.3, -0.25) is 9.59 Å². The van der Waals surface area contributed by atoms with Crippen molar-refractivity contribution in [3.8, 4) is 17.6 Å². The van der Waals surface area contributed by atoms with Gasteiger partial charge in [-0.2, -0.15) is 5.26 Å². The number of aromatic nitrogens is 1. The Morgan fingerprint density at radius 2 is 1.62 bits per heavy atom. The number of rotatable bonds is 6. The predicted octanol–water partition coefficient (Wildman–Crippen LogP) is 6.05. The van der Waals surface area contributed by atoms with E-state index in [0.29, 0.717) is 58.5 Å². The van der Waals surface area contributed by atoms with Crippen molar-refractivity contribution in [2.75, 3.05) is 16.0 Å². The largest absolute Gasteiger partial charge is 0.455 e. The number of hydrogen-bond donors (Lipinski definition) is 3. The molecule has 9 nitrogen and oxygen atoms in total. The molecule has 1 saturated carbocycles. The Kier molecular flexibility index (Phi) is 6.16. The van der Waals surface area contributed by atoms with E-state index in [1.807, 2.05) is 6.07 Å². The van der Waals surface area contributed by atoms with Crippen LogP contribution in [0.4, 0.5) is 33.0 Å². The van der Waals surface area contributed by atoms with Crippen LogP contribution in [0.15, 0.2) is 84.0 Å². The Bertz CT molecular complexity index is 1710. The summed E-state index contributed by atoms with van der Waals surface area (Å²) in [5, 5.41) is 17.9. The first-order valence-corrected chi connectivity index (χ1v) is 12.4. The van der Waals surface area contributed by atoms with Gasteiger partial charge in [0.05, 0.1) is 11.6 Å². The van der Waals surface area contributed by atoms with Crippen LogP contribution in [0.2, 0.25) is 0 Å². The molecule has 196 valence electrons. The molecule has 2 aliphatic rings. The third-order valence-corrected chi connectivity index (χ3v) is 6.72. The van der Waals surface area contributed by atoms with Crippen LogP contribution in [0.25, 0.3) is 0 Å². The van der Waals surface area contributed by atoms with Gasteiger partial charge in [0.2, 0.25) is 11.8 Å². The number of halogens is 1. The molecule has 0 saturated heterocycles. The van der Waals surface area contributed by atoms with Gasteiger partial charge in [-0.05, 0) is 73.5 Å². The number of anilines is 4. The molecule has 0 atom stereocenters. The van der Waals surface area contributed by atoms with Gasteiger partial charge in [0, 0.05) is 41.1 Å². The molecule has 1 aliphatic heterocycles. The number of ether oxygens (including phenoxy) is 1. The maximum absolute atomic E-state index is 13.2. The van der Waals surface area contributed by atoms with Crippen molar-refractivity contribution in [1.82, 2.24) is 4.98 Å². The first-order valence-electron chi connectivity index (χ1n) is 12.4. The van der Waals surface area contributed by atoms with Crippen molar-refractivity contribution in [3.05, 3.63) is 95.9 Å². The van der Waals surface area contributed by atoms with E-state index in [1.165, 1.54) is 24.3 Å². The number of nitrogens with zero attached hydrogens (tertiary/aromatic N) is 3. The minimum atomic E-state index is -1.16. The molecule has 3 N–H and O–H groups in total. The van der Waals surface area contributed by atoms with Crippen molar-refractivity contribution in [1.29, 1.82) is 5.26 Å². The molecule has 2 heterocycles. The second-order valence-electron chi connectivity index (χ2n) is 9.43. The topological polar surface area (TPSA) is 128 Å². The first-order chi connectivity index (χ1) is 19.4. The van der Waals surface area contributed by atoms with Gasteiger partial charge in [-0.25, -0.2) is 14.4 Å². The lowest BCUT2D eigenvalue weighted by Gasteiger charge is -2.16. The highest BCUT2D eigenvalue weighted by molar-refractivity contribution is 6.16. The average molecular weight is 533 g/mol. The summed E-state index contributed by atoms with van der Waals surface area (Å²) in [6.07, 6.45) is 4.13. The molecule has 10 heteroatoms. The fourth-order valence-corrected chi connectivity index (χ4v) is 4.29. The Balaban J connectivity index is 1.13. The highest BCUT2D eigenvalue weighted by atomic mass is 19.1. The van der Waals surface area contributed by atoms with Crippen LogP contribution in [0.1, 0.15) is 24.0 Å². The van der Waals surface area contributed by atoms with Crippen LogP contribution in [-0.2, 0) is 9.59 Å². The number of amides is 2. The minimum Gasteiger partial charge on any atom is -0.455 e. The smallest absolute Gasteiger partial charge is 0.240 e. The monoisotopic (exact) mass is 532 g/mol. The lowest BCUT2D eigenvalue weighted by Crippen LogP contribution is -2.35. The van der Waals surface area contributed by atoms with E-state index in [1.54, 1.807) is 54.9 Å². The number of pyridine rings is 1. The third-order valence-electron chi connectivity index (χ3n) is 6.72. The maximum atomic E-state index is 13.2. The summed E-state index contributed by atoms with van der Waals surface area (Å²) in [6, 6.07) is 21.2. The zero-order chi connectivity index (χ0) is 27.7. The average Bonchev–Trinajstić information content (AvgIpc) is 3.79. The Morgan fingerprint density at radius 3 is 2.27 bits per heavy atom. The lowest BCUT2D eigenvalue weighted by molar-refractivity contribution is -0.131. The van der Waals surface area contributed by atoms with Crippen LogP contribution in [0.3, 0.4) is 0 Å². The van der Waals surface area contributed by atoms with Crippen molar-refractivity contribution in [2.24, 2.45) is 10.4 Å². The molecule has 2 amide bonds. The SMILES string of the molecule is N#Cc1ccc2c(c1)Nc1nccc(Oc3ccc(NC(=O)C4(C(=O)Nc5ccc(F)cc5)CC4)cc3)c1N=C2. The molecule has 0 radical (unpaired) electrons. The number of hydrogen-bond acceptors (Lipinski definition) is 7. The van der Waals surface area contributed by atoms with Crippen molar-refractivity contribution in [2.45, 2.75) is 12.8 Å². The third kappa shape index (κ3) is 4.83. The number of nitriles is 1. The molecule has 3 aromatic carbocycles. The fraction of sp³-hybridized carbons (Fsp3) is 0.100. The summed E-state index contributed by atoms with van der Waals surface area (Å²) in [4.78, 5) is 34.7. The van der Waals surface area contributed by atoms with Crippen LogP contribution < -0.4 is 20.7 Å². The molecule has 4 aromatic rings. The zero-order valence-electron chi connectivity index (χ0n) is 20.9. The van der Waals surface area contributed by atoms with Gasteiger partial charge in [0.1, 0.15) is 22.7 Å². The van der Waals surface area contributed by atoms with E-state index in [4.69, 9.17) is 4.74 Å². The summed E-state index contributed by atoms with van der Waals surface area (Å²) in [5.41, 5.74) is 2.32. The number of aliphatic imine (C=N–C) groups is 1. The summed E-state index contributed by atoms with van der Waals surface area (Å²) in [6.45, 7) is 0. The molecule has 40 heavy (non-hydrogen) atoms. The van der Waals surface area contributed by atoms with Gasteiger partial charge in [0.15, 0.2) is 11.6 Å². The molecule has 1 fully saturated rings. The van der Waals surface area contributed by atoms with Gasteiger partial charge < -0.3 is 20.7 Å². The summed E-state index contributed by atoms with van der Waals surface area (Å²) >= 11 is 0. The van der Waals surface area contributed by atoms with Crippen molar-refractivity contribution < 1.29 is 18.7 Å². The van der Waals surface area contributed by atoms with Gasteiger partial charge >= 0.3 is 0 Å². The highest BCUT2D eigenvalue weighted by Gasteiger charge is 2.56. The molecular formula is C30H21FN6O3. The summed E-state index contributed by atoms with van der Waals surface area (Å²) < 4.78 is 19.2. The van der Waals surface area contributed by atoms with E-state index < -0.39 is 23.0 Å². The van der Waals surface area contributed by atoms with E-state index in [2.05, 4.69) is 32.0 Å². The lowest BCUT2D eigenvalue weighted by atomic mass is 10.0. The number of benzene rings is 3.